The largest absolute Gasteiger partial charge is 0.482 e. The molecule has 1 aromatic heterocycles. The third kappa shape index (κ3) is 6.48. The molecular weight excluding hydrogens is 550 g/mol. The molecule has 0 N–H and O–H groups in total. The van der Waals surface area contributed by atoms with Gasteiger partial charge in [0.15, 0.2) is 24.3 Å². The van der Waals surface area contributed by atoms with Crippen LogP contribution in [-0.4, -0.2) is 82.8 Å². The standard InChI is InChI=1S/C27H33ClF2N4O4S/c1-26(2,3)38-24-23(37-24)34-11-5-10-33(12-13-34)20(35)15-36-19-7-6-16(14-18(19)28)21-17-8-9-27(29,30)22(17)32-25(31-21)39-4/h6-7,14,23-24H,5,8-13,15H2,1-4H3. The van der Waals surface area contributed by atoms with E-state index in [-0.39, 0.29) is 59.3 Å². The third-order valence-electron chi connectivity index (χ3n) is 6.90. The first kappa shape index (κ1) is 28.5. The molecule has 1 aliphatic carbocycles. The molecule has 5 rings (SSSR count). The van der Waals surface area contributed by atoms with Gasteiger partial charge in [-0.15, -0.1) is 0 Å². The molecule has 0 saturated carbocycles. The van der Waals surface area contributed by atoms with E-state index in [2.05, 4.69) is 14.9 Å². The highest BCUT2D eigenvalue weighted by Gasteiger charge is 2.47. The van der Waals surface area contributed by atoms with Crippen LogP contribution in [0.15, 0.2) is 23.4 Å². The monoisotopic (exact) mass is 582 g/mol. The van der Waals surface area contributed by atoms with Crippen LogP contribution in [0, 0.1) is 0 Å². The first-order chi connectivity index (χ1) is 18.4. The van der Waals surface area contributed by atoms with Crippen LogP contribution in [0.1, 0.15) is 44.9 Å². The molecule has 3 aliphatic rings. The number of benzene rings is 1. The number of amides is 1. The summed E-state index contributed by atoms with van der Waals surface area (Å²) in [5.74, 6) is -2.75. The normalized spacial score (nSPS) is 22.9. The number of thioether (sulfide) groups is 1. The summed E-state index contributed by atoms with van der Waals surface area (Å²) in [5, 5.41) is 0.565. The molecule has 1 aromatic carbocycles. The van der Waals surface area contributed by atoms with Gasteiger partial charge in [-0.25, -0.2) is 9.97 Å². The fourth-order valence-electron chi connectivity index (χ4n) is 4.96. The predicted molar refractivity (Wildman–Crippen MR) is 144 cm³/mol. The maximum atomic E-state index is 14.4. The zero-order valence-corrected chi connectivity index (χ0v) is 24.1. The second kappa shape index (κ2) is 11.1. The first-order valence-electron chi connectivity index (χ1n) is 13.1. The van der Waals surface area contributed by atoms with Gasteiger partial charge in [0.05, 0.1) is 16.3 Å². The van der Waals surface area contributed by atoms with E-state index in [0.717, 1.165) is 13.0 Å². The van der Waals surface area contributed by atoms with Gasteiger partial charge in [0.2, 0.25) is 0 Å². The van der Waals surface area contributed by atoms with Gasteiger partial charge in [-0.05, 0) is 58.1 Å². The average molecular weight is 583 g/mol. The van der Waals surface area contributed by atoms with E-state index >= 15 is 0 Å². The minimum atomic E-state index is -2.97. The number of carbonyl (C=O) groups is 1. The number of fused-ring (bicyclic) bond motifs is 1. The number of hydrogen-bond acceptors (Lipinski definition) is 8. The Balaban J connectivity index is 1.19. The summed E-state index contributed by atoms with van der Waals surface area (Å²) in [5.41, 5.74) is 1.02. The Labute approximate surface area is 236 Å². The van der Waals surface area contributed by atoms with Crippen LogP contribution in [0.5, 0.6) is 5.75 Å². The van der Waals surface area contributed by atoms with Crippen LogP contribution >= 0.6 is 23.4 Å². The fraction of sp³-hybridized carbons (Fsp3) is 0.593. The maximum absolute atomic E-state index is 14.4. The van der Waals surface area contributed by atoms with Gasteiger partial charge in [-0.1, -0.05) is 23.4 Å². The van der Waals surface area contributed by atoms with Gasteiger partial charge in [0.1, 0.15) is 11.4 Å². The zero-order valence-electron chi connectivity index (χ0n) is 22.5. The van der Waals surface area contributed by atoms with Crippen LogP contribution < -0.4 is 4.74 Å². The van der Waals surface area contributed by atoms with Crippen LogP contribution in [0.25, 0.3) is 11.3 Å². The van der Waals surface area contributed by atoms with E-state index in [0.29, 0.717) is 42.2 Å². The Morgan fingerprint density at radius 2 is 2.03 bits per heavy atom. The third-order valence-corrected chi connectivity index (χ3v) is 7.75. The van der Waals surface area contributed by atoms with E-state index in [4.69, 9.17) is 25.8 Å². The average Bonchev–Trinajstić information content (AvgIpc) is 3.61. The Kier molecular flexibility index (Phi) is 8.09. The Hall–Kier alpha value is -2.05. The van der Waals surface area contributed by atoms with Crippen LogP contribution in [0.2, 0.25) is 5.02 Å². The molecule has 2 unspecified atom stereocenters. The highest BCUT2D eigenvalue weighted by atomic mass is 35.5. The minimum Gasteiger partial charge on any atom is -0.482 e. The van der Waals surface area contributed by atoms with Crippen molar-refractivity contribution in [3.8, 4) is 17.0 Å². The summed E-state index contributed by atoms with van der Waals surface area (Å²) in [6.07, 6.45) is 2.19. The molecular formula is C27H33ClF2N4O4S. The van der Waals surface area contributed by atoms with Gasteiger partial charge in [0.25, 0.3) is 11.8 Å². The first-order valence-corrected chi connectivity index (χ1v) is 14.7. The summed E-state index contributed by atoms with van der Waals surface area (Å²) in [6.45, 7) is 8.55. The second-order valence-corrected chi connectivity index (χ2v) is 12.1. The topological polar surface area (TPSA) is 80.3 Å². The molecule has 2 aliphatic heterocycles. The molecule has 0 radical (unpaired) electrons. The molecule has 3 heterocycles. The van der Waals surface area contributed by atoms with E-state index in [1.807, 2.05) is 20.8 Å². The van der Waals surface area contributed by atoms with Crippen molar-refractivity contribution in [2.75, 3.05) is 39.0 Å². The molecule has 212 valence electrons. The number of hydrogen-bond donors (Lipinski definition) is 0. The number of ether oxygens (including phenoxy) is 3. The number of halogens is 3. The number of carbonyl (C=O) groups excluding carboxylic acids is 1. The highest BCUT2D eigenvalue weighted by molar-refractivity contribution is 7.98. The number of rotatable bonds is 7. The molecule has 39 heavy (non-hydrogen) atoms. The lowest BCUT2D eigenvalue weighted by molar-refractivity contribution is -0.133. The van der Waals surface area contributed by atoms with Crippen molar-refractivity contribution in [1.29, 1.82) is 0 Å². The van der Waals surface area contributed by atoms with Gasteiger partial charge < -0.3 is 19.1 Å². The Bertz CT molecular complexity index is 1240. The fourth-order valence-corrected chi connectivity index (χ4v) is 5.56. The molecule has 2 saturated heterocycles. The van der Waals surface area contributed by atoms with Gasteiger partial charge >= 0.3 is 0 Å². The summed E-state index contributed by atoms with van der Waals surface area (Å²) >= 11 is 7.71. The number of nitrogens with zero attached hydrogens (tertiary/aromatic N) is 4. The molecule has 2 fully saturated rings. The van der Waals surface area contributed by atoms with Gasteiger partial charge in [-0.2, -0.15) is 8.78 Å². The van der Waals surface area contributed by atoms with Crippen LogP contribution in [0.3, 0.4) is 0 Å². The van der Waals surface area contributed by atoms with Crippen molar-refractivity contribution < 1.29 is 27.8 Å². The lowest BCUT2D eigenvalue weighted by Crippen LogP contribution is -2.39. The molecule has 2 atom stereocenters. The maximum Gasteiger partial charge on any atom is 0.290 e. The SMILES string of the molecule is CSc1nc(-c2ccc(OCC(=O)N3CCCN(C4OC4OC(C)(C)C)CC3)c(Cl)c2)c2c(n1)C(F)(F)CC2. The van der Waals surface area contributed by atoms with Crippen molar-refractivity contribution in [2.24, 2.45) is 0 Å². The molecule has 0 bridgehead atoms. The number of epoxide rings is 1. The molecule has 0 spiro atoms. The smallest absolute Gasteiger partial charge is 0.290 e. The molecule has 12 heteroatoms. The van der Waals surface area contributed by atoms with Crippen LogP contribution in [-0.2, 0) is 26.6 Å². The summed E-state index contributed by atoms with van der Waals surface area (Å²) < 4.78 is 46.2. The molecule has 2 aromatic rings. The summed E-state index contributed by atoms with van der Waals surface area (Å²) in [4.78, 5) is 25.5. The van der Waals surface area contributed by atoms with Crippen LogP contribution in [0.4, 0.5) is 8.78 Å². The van der Waals surface area contributed by atoms with E-state index in [1.54, 1.807) is 29.4 Å². The van der Waals surface area contributed by atoms with Gasteiger partial charge in [0, 0.05) is 43.7 Å². The summed E-state index contributed by atoms with van der Waals surface area (Å²) in [7, 11) is 0. The zero-order chi connectivity index (χ0) is 27.9. The lowest BCUT2D eigenvalue weighted by Gasteiger charge is -2.22. The van der Waals surface area contributed by atoms with E-state index < -0.39 is 5.92 Å². The quantitative estimate of drug-likeness (QED) is 0.257. The minimum absolute atomic E-state index is 0.0674. The number of aromatic nitrogens is 2. The van der Waals surface area contributed by atoms with Crippen molar-refractivity contribution in [3.05, 3.63) is 34.5 Å². The van der Waals surface area contributed by atoms with Crippen molar-refractivity contribution in [2.45, 2.75) is 69.2 Å². The molecule has 8 nitrogen and oxygen atoms in total. The van der Waals surface area contributed by atoms with E-state index in [9.17, 15) is 13.6 Å². The van der Waals surface area contributed by atoms with Crippen molar-refractivity contribution in [3.63, 3.8) is 0 Å². The molecule has 1 amide bonds. The Morgan fingerprint density at radius 1 is 1.23 bits per heavy atom. The van der Waals surface area contributed by atoms with Crippen molar-refractivity contribution in [1.82, 2.24) is 19.8 Å². The van der Waals surface area contributed by atoms with Gasteiger partial charge in [-0.3, -0.25) is 9.69 Å². The summed E-state index contributed by atoms with van der Waals surface area (Å²) in [6, 6.07) is 5.01. The van der Waals surface area contributed by atoms with E-state index in [1.165, 1.54) is 11.8 Å². The highest BCUT2D eigenvalue weighted by Crippen LogP contribution is 2.44. The Morgan fingerprint density at radius 3 is 2.74 bits per heavy atom. The second-order valence-electron chi connectivity index (χ2n) is 10.9. The predicted octanol–water partition coefficient (Wildman–Crippen LogP) is 4.97. The number of alkyl halides is 2. The van der Waals surface area contributed by atoms with Crippen molar-refractivity contribution >= 4 is 29.3 Å². The lowest BCUT2D eigenvalue weighted by atomic mass is 10.1.